The fourth-order valence-corrected chi connectivity index (χ4v) is 4.50. The summed E-state index contributed by atoms with van der Waals surface area (Å²) in [5.74, 6) is 0.582. The molecule has 6 heteroatoms. The molecule has 0 unspecified atom stereocenters. The molecule has 31 heavy (non-hydrogen) atoms. The number of aromatic nitrogens is 3. The van der Waals surface area contributed by atoms with E-state index in [0.29, 0.717) is 15.3 Å². The quantitative estimate of drug-likeness (QED) is 0.466. The number of hydrogen-bond donors (Lipinski definition) is 0. The fraction of sp³-hybridized carbons (Fsp3) is 0.320. The minimum absolute atomic E-state index is 0.0942. The summed E-state index contributed by atoms with van der Waals surface area (Å²) >= 11 is 1.37. The maximum absolute atomic E-state index is 12.9. The van der Waals surface area contributed by atoms with E-state index in [9.17, 15) is 4.79 Å². The molecular formula is C25H28N4OS. The zero-order valence-corrected chi connectivity index (χ0v) is 19.5. The highest BCUT2D eigenvalue weighted by molar-refractivity contribution is 7.15. The second-order valence-electron chi connectivity index (χ2n) is 8.64. The van der Waals surface area contributed by atoms with Crippen LogP contribution in [-0.4, -0.2) is 27.7 Å². The number of benzene rings is 2. The molecule has 0 bridgehead atoms. The van der Waals surface area contributed by atoms with Crippen LogP contribution in [0.5, 0.6) is 0 Å². The van der Waals surface area contributed by atoms with Gasteiger partial charge < -0.3 is 4.90 Å². The average molecular weight is 433 g/mol. The average Bonchev–Trinajstić information content (AvgIpc) is 3.29. The minimum Gasteiger partial charge on any atom is -0.372 e. The number of rotatable bonds is 5. The van der Waals surface area contributed by atoms with E-state index in [4.69, 9.17) is 0 Å². The Morgan fingerprint density at radius 3 is 2.19 bits per heavy atom. The first-order chi connectivity index (χ1) is 14.8. The molecule has 0 spiro atoms. The maximum atomic E-state index is 12.9. The van der Waals surface area contributed by atoms with Crippen molar-refractivity contribution in [3.63, 3.8) is 0 Å². The van der Waals surface area contributed by atoms with Gasteiger partial charge in [0.05, 0.1) is 4.53 Å². The number of fused-ring (bicyclic) bond motifs is 1. The van der Waals surface area contributed by atoms with Crippen molar-refractivity contribution in [2.75, 3.05) is 18.0 Å². The van der Waals surface area contributed by atoms with E-state index in [-0.39, 0.29) is 11.0 Å². The van der Waals surface area contributed by atoms with Gasteiger partial charge in [-0.05, 0) is 48.6 Å². The highest BCUT2D eigenvalue weighted by Crippen LogP contribution is 2.25. The van der Waals surface area contributed by atoms with E-state index in [1.165, 1.54) is 27.1 Å². The van der Waals surface area contributed by atoms with Crippen LogP contribution in [0.4, 0.5) is 5.69 Å². The zero-order chi connectivity index (χ0) is 22.2. The Morgan fingerprint density at radius 2 is 1.65 bits per heavy atom. The first-order valence-corrected chi connectivity index (χ1v) is 11.5. The Kier molecular flexibility index (Phi) is 5.67. The number of hydrogen-bond acceptors (Lipinski definition) is 5. The topological polar surface area (TPSA) is 50.5 Å². The van der Waals surface area contributed by atoms with Gasteiger partial charge in [-0.3, -0.25) is 4.79 Å². The summed E-state index contributed by atoms with van der Waals surface area (Å²) in [5, 5.41) is 4.47. The predicted molar refractivity (Wildman–Crippen MR) is 130 cm³/mol. The third-order valence-electron chi connectivity index (χ3n) is 5.51. The van der Waals surface area contributed by atoms with Crippen molar-refractivity contribution < 1.29 is 0 Å². The lowest BCUT2D eigenvalue weighted by atomic mass is 9.87. The fourth-order valence-electron chi connectivity index (χ4n) is 3.60. The first kappa shape index (κ1) is 21.2. The Morgan fingerprint density at radius 1 is 1.00 bits per heavy atom. The van der Waals surface area contributed by atoms with Crippen LogP contribution >= 0.6 is 11.3 Å². The normalized spacial score (nSPS) is 12.6. The van der Waals surface area contributed by atoms with Crippen LogP contribution in [0.3, 0.4) is 0 Å². The van der Waals surface area contributed by atoms with E-state index < -0.39 is 0 Å². The molecule has 2 aromatic carbocycles. The van der Waals surface area contributed by atoms with Crippen LogP contribution < -0.4 is 15.0 Å². The van der Waals surface area contributed by atoms with Crippen molar-refractivity contribution in [1.29, 1.82) is 0 Å². The van der Waals surface area contributed by atoms with Crippen molar-refractivity contribution in [3.8, 4) is 11.4 Å². The SMILES string of the molecule is CCN(CC)c1ccc(C=c2sc3nc(-c4ccc(C(C)(C)C)cc4)nn3c2=O)cc1. The smallest absolute Gasteiger partial charge is 0.291 e. The molecule has 0 atom stereocenters. The molecule has 0 N–H and O–H groups in total. The van der Waals surface area contributed by atoms with Crippen molar-refractivity contribution in [2.24, 2.45) is 0 Å². The molecule has 0 amide bonds. The van der Waals surface area contributed by atoms with Crippen LogP contribution in [0.15, 0.2) is 53.3 Å². The van der Waals surface area contributed by atoms with E-state index in [0.717, 1.165) is 24.2 Å². The van der Waals surface area contributed by atoms with E-state index >= 15 is 0 Å². The van der Waals surface area contributed by atoms with Gasteiger partial charge in [-0.25, -0.2) is 0 Å². The predicted octanol–water partition coefficient (Wildman–Crippen LogP) is 4.51. The lowest BCUT2D eigenvalue weighted by Crippen LogP contribution is -2.23. The Balaban J connectivity index is 1.64. The van der Waals surface area contributed by atoms with Gasteiger partial charge in [0.2, 0.25) is 4.96 Å². The summed E-state index contributed by atoms with van der Waals surface area (Å²) in [4.78, 5) is 20.4. The second kappa shape index (κ2) is 8.27. The van der Waals surface area contributed by atoms with Gasteiger partial charge >= 0.3 is 0 Å². The molecule has 5 nitrogen and oxygen atoms in total. The third kappa shape index (κ3) is 4.26. The molecule has 0 radical (unpaired) electrons. The lowest BCUT2D eigenvalue weighted by molar-refractivity contribution is 0.590. The molecule has 4 aromatic rings. The van der Waals surface area contributed by atoms with E-state index in [1.807, 2.05) is 30.3 Å². The minimum atomic E-state index is -0.127. The molecule has 0 aliphatic rings. The molecule has 0 saturated heterocycles. The van der Waals surface area contributed by atoms with Gasteiger partial charge in [0.25, 0.3) is 5.56 Å². The zero-order valence-electron chi connectivity index (χ0n) is 18.7. The van der Waals surface area contributed by atoms with Crippen molar-refractivity contribution in [1.82, 2.24) is 14.6 Å². The Hall–Kier alpha value is -2.99. The van der Waals surface area contributed by atoms with E-state index in [2.05, 4.69) is 73.9 Å². The maximum Gasteiger partial charge on any atom is 0.291 e. The number of anilines is 1. The summed E-state index contributed by atoms with van der Waals surface area (Å²) < 4.78 is 2.05. The van der Waals surface area contributed by atoms with Gasteiger partial charge in [-0.1, -0.05) is 68.5 Å². The monoisotopic (exact) mass is 432 g/mol. The van der Waals surface area contributed by atoms with Gasteiger partial charge in [0.1, 0.15) is 0 Å². The van der Waals surface area contributed by atoms with Crippen LogP contribution in [0.2, 0.25) is 0 Å². The number of thiazole rings is 1. The molecule has 0 saturated carbocycles. The van der Waals surface area contributed by atoms with Crippen molar-refractivity contribution in [3.05, 3.63) is 74.5 Å². The summed E-state index contributed by atoms with van der Waals surface area (Å²) in [7, 11) is 0. The second-order valence-corrected chi connectivity index (χ2v) is 9.65. The Bertz CT molecular complexity index is 1290. The summed E-state index contributed by atoms with van der Waals surface area (Å²) in [6.07, 6.45) is 1.91. The van der Waals surface area contributed by atoms with Gasteiger partial charge in [-0.15, -0.1) is 5.10 Å². The molecule has 2 aromatic heterocycles. The number of nitrogens with zero attached hydrogens (tertiary/aromatic N) is 4. The summed E-state index contributed by atoms with van der Waals surface area (Å²) in [6.45, 7) is 12.8. The molecule has 0 fully saturated rings. The van der Waals surface area contributed by atoms with Crippen molar-refractivity contribution in [2.45, 2.75) is 40.0 Å². The van der Waals surface area contributed by atoms with Crippen LogP contribution in [0.1, 0.15) is 45.7 Å². The molecular weight excluding hydrogens is 404 g/mol. The molecule has 0 aliphatic heterocycles. The van der Waals surface area contributed by atoms with Crippen molar-refractivity contribution >= 4 is 28.1 Å². The van der Waals surface area contributed by atoms with Gasteiger partial charge in [0, 0.05) is 24.3 Å². The Labute approximate surface area is 186 Å². The van der Waals surface area contributed by atoms with Gasteiger partial charge in [-0.2, -0.15) is 9.50 Å². The highest BCUT2D eigenvalue weighted by atomic mass is 32.1. The summed E-state index contributed by atoms with van der Waals surface area (Å²) in [6, 6.07) is 16.5. The molecule has 0 aliphatic carbocycles. The molecule has 4 rings (SSSR count). The lowest BCUT2D eigenvalue weighted by Gasteiger charge is -2.20. The third-order valence-corrected chi connectivity index (χ3v) is 6.47. The largest absolute Gasteiger partial charge is 0.372 e. The highest BCUT2D eigenvalue weighted by Gasteiger charge is 2.15. The van der Waals surface area contributed by atoms with Crippen LogP contribution in [0.25, 0.3) is 22.4 Å². The summed E-state index contributed by atoms with van der Waals surface area (Å²) in [5.41, 5.74) is 4.32. The van der Waals surface area contributed by atoms with Gasteiger partial charge in [0.15, 0.2) is 5.82 Å². The van der Waals surface area contributed by atoms with Crippen LogP contribution in [-0.2, 0) is 5.41 Å². The molecule has 160 valence electrons. The van der Waals surface area contributed by atoms with Crippen LogP contribution in [0, 0.1) is 0 Å². The molecule has 2 heterocycles. The standard InChI is InChI=1S/C25H28N4OS/c1-6-28(7-2)20-14-8-17(9-15-20)16-21-23(30)29-24(31-21)26-22(27-29)18-10-12-19(13-11-18)25(3,4)5/h8-16H,6-7H2,1-5H3. The van der Waals surface area contributed by atoms with E-state index in [1.54, 1.807) is 0 Å². The first-order valence-electron chi connectivity index (χ1n) is 10.7.